The van der Waals surface area contributed by atoms with Crippen molar-refractivity contribution in [2.75, 3.05) is 20.2 Å². The quantitative estimate of drug-likeness (QED) is 0.797. The van der Waals surface area contributed by atoms with E-state index in [9.17, 15) is 15.0 Å². The number of hydrogen-bond donors (Lipinski definition) is 2. The average Bonchev–Trinajstić information content (AvgIpc) is 2.68. The summed E-state index contributed by atoms with van der Waals surface area (Å²) in [5, 5.41) is 20.7. The number of aryl methyl sites for hydroxylation is 1. The highest BCUT2D eigenvalue weighted by Gasteiger charge is 2.49. The molecule has 0 saturated carbocycles. The number of aromatic nitrogens is 1. The SMILES string of the molecule is COc1c(C)cnc(CN2CC[C@H](O)[C@](Cc3ccccc3)(C(=O)O)C2)c1C. The molecule has 2 heterocycles. The van der Waals surface area contributed by atoms with Crippen molar-refractivity contribution in [3.63, 3.8) is 0 Å². The number of rotatable bonds is 6. The Hall–Kier alpha value is -2.44. The Morgan fingerprint density at radius 2 is 2.04 bits per heavy atom. The molecule has 28 heavy (non-hydrogen) atoms. The number of likely N-dealkylation sites (tertiary alicyclic amines) is 1. The minimum Gasteiger partial charge on any atom is -0.496 e. The summed E-state index contributed by atoms with van der Waals surface area (Å²) in [5.74, 6) is -0.143. The van der Waals surface area contributed by atoms with Gasteiger partial charge in [-0.15, -0.1) is 0 Å². The van der Waals surface area contributed by atoms with E-state index in [1.54, 1.807) is 13.3 Å². The van der Waals surface area contributed by atoms with Gasteiger partial charge in [-0.25, -0.2) is 0 Å². The number of nitrogens with zero attached hydrogens (tertiary/aromatic N) is 2. The maximum absolute atomic E-state index is 12.3. The number of aliphatic carboxylic acids is 1. The van der Waals surface area contributed by atoms with Gasteiger partial charge in [-0.1, -0.05) is 30.3 Å². The van der Waals surface area contributed by atoms with Crippen molar-refractivity contribution in [3.8, 4) is 5.75 Å². The molecule has 0 spiro atoms. The van der Waals surface area contributed by atoms with Crippen molar-refractivity contribution in [2.45, 2.75) is 39.3 Å². The molecule has 1 aromatic carbocycles. The number of pyridine rings is 1. The van der Waals surface area contributed by atoms with Crippen LogP contribution in [0.1, 0.15) is 28.8 Å². The van der Waals surface area contributed by atoms with Gasteiger partial charge in [-0.2, -0.15) is 0 Å². The van der Waals surface area contributed by atoms with Crippen molar-refractivity contribution in [2.24, 2.45) is 5.41 Å². The first-order valence-electron chi connectivity index (χ1n) is 9.54. The van der Waals surface area contributed by atoms with E-state index in [2.05, 4.69) is 9.88 Å². The van der Waals surface area contributed by atoms with E-state index in [0.717, 1.165) is 28.1 Å². The molecule has 3 rings (SSSR count). The Kier molecular flexibility index (Phi) is 6.01. The Balaban J connectivity index is 1.86. The van der Waals surface area contributed by atoms with Crippen LogP contribution in [0.3, 0.4) is 0 Å². The van der Waals surface area contributed by atoms with Gasteiger partial charge in [0.25, 0.3) is 0 Å². The predicted octanol–water partition coefficient (Wildman–Crippen LogP) is 2.59. The summed E-state index contributed by atoms with van der Waals surface area (Å²) in [7, 11) is 1.64. The molecule has 2 aromatic rings. The summed E-state index contributed by atoms with van der Waals surface area (Å²) < 4.78 is 5.49. The lowest BCUT2D eigenvalue weighted by Gasteiger charge is -2.43. The first-order chi connectivity index (χ1) is 13.4. The van der Waals surface area contributed by atoms with Gasteiger partial charge in [0.2, 0.25) is 0 Å². The molecule has 6 nitrogen and oxygen atoms in total. The number of aliphatic hydroxyl groups excluding tert-OH is 1. The van der Waals surface area contributed by atoms with E-state index in [4.69, 9.17) is 4.74 Å². The molecule has 0 radical (unpaired) electrons. The van der Waals surface area contributed by atoms with E-state index in [1.807, 2.05) is 44.2 Å². The van der Waals surface area contributed by atoms with E-state index >= 15 is 0 Å². The smallest absolute Gasteiger partial charge is 0.313 e. The van der Waals surface area contributed by atoms with Gasteiger partial charge in [0, 0.05) is 37.0 Å². The van der Waals surface area contributed by atoms with Gasteiger partial charge < -0.3 is 14.9 Å². The molecule has 1 aromatic heterocycles. The molecule has 2 atom stereocenters. The molecule has 0 unspecified atom stereocenters. The third kappa shape index (κ3) is 3.88. The largest absolute Gasteiger partial charge is 0.496 e. The van der Waals surface area contributed by atoms with Gasteiger partial charge in [0.05, 0.1) is 18.9 Å². The maximum Gasteiger partial charge on any atom is 0.313 e. The second kappa shape index (κ2) is 8.29. The van der Waals surface area contributed by atoms with Crippen LogP contribution in [0, 0.1) is 19.3 Å². The molecule has 0 amide bonds. The van der Waals surface area contributed by atoms with Crippen molar-refractivity contribution in [1.82, 2.24) is 9.88 Å². The van der Waals surface area contributed by atoms with Crippen LogP contribution in [0.4, 0.5) is 0 Å². The minimum atomic E-state index is -1.23. The lowest BCUT2D eigenvalue weighted by molar-refractivity contribution is -0.163. The van der Waals surface area contributed by atoms with E-state index in [1.165, 1.54) is 0 Å². The van der Waals surface area contributed by atoms with Gasteiger partial charge in [-0.3, -0.25) is 14.7 Å². The Morgan fingerprint density at radius 1 is 1.32 bits per heavy atom. The Labute approximate surface area is 165 Å². The number of methoxy groups -OCH3 is 1. The summed E-state index contributed by atoms with van der Waals surface area (Å²) in [6.07, 6.45) is 1.61. The molecule has 0 aliphatic carbocycles. The van der Waals surface area contributed by atoms with Crippen molar-refractivity contribution in [3.05, 3.63) is 58.9 Å². The zero-order valence-corrected chi connectivity index (χ0v) is 16.7. The maximum atomic E-state index is 12.3. The fourth-order valence-electron chi connectivity index (χ4n) is 4.16. The van der Waals surface area contributed by atoms with Crippen LogP contribution < -0.4 is 4.74 Å². The standard InChI is InChI=1S/C22H28N2O4/c1-15-12-23-18(16(2)20(15)28-3)13-24-10-9-19(25)22(14-24,21(26)27)11-17-7-5-4-6-8-17/h4-8,12,19,25H,9-11,13-14H2,1-3H3,(H,26,27)/t19-,22+/m0/s1. The molecule has 1 aliphatic heterocycles. The van der Waals surface area contributed by atoms with Crippen LogP contribution in [0.2, 0.25) is 0 Å². The highest BCUT2D eigenvalue weighted by atomic mass is 16.5. The van der Waals surface area contributed by atoms with Crippen LogP contribution in [-0.2, 0) is 17.8 Å². The molecule has 150 valence electrons. The van der Waals surface area contributed by atoms with Crippen LogP contribution in [0.25, 0.3) is 0 Å². The molecule has 0 bridgehead atoms. The van der Waals surface area contributed by atoms with Gasteiger partial charge in [-0.05, 0) is 32.3 Å². The summed E-state index contributed by atoms with van der Waals surface area (Å²) in [5.41, 5.74) is 2.50. The van der Waals surface area contributed by atoms with E-state index in [-0.39, 0.29) is 6.54 Å². The third-order valence-electron chi connectivity index (χ3n) is 5.77. The van der Waals surface area contributed by atoms with Crippen molar-refractivity contribution < 1.29 is 19.7 Å². The topological polar surface area (TPSA) is 82.9 Å². The number of ether oxygens (including phenoxy) is 1. The lowest BCUT2D eigenvalue weighted by atomic mass is 9.73. The molecule has 2 N–H and O–H groups in total. The highest BCUT2D eigenvalue weighted by molar-refractivity contribution is 5.76. The van der Waals surface area contributed by atoms with Crippen LogP contribution >= 0.6 is 0 Å². The molecular formula is C22H28N2O4. The number of carboxylic acids is 1. The highest BCUT2D eigenvalue weighted by Crippen LogP contribution is 2.36. The van der Waals surface area contributed by atoms with Crippen molar-refractivity contribution in [1.29, 1.82) is 0 Å². The van der Waals surface area contributed by atoms with Crippen LogP contribution in [-0.4, -0.2) is 52.4 Å². The molecule has 1 fully saturated rings. The van der Waals surface area contributed by atoms with E-state index < -0.39 is 17.5 Å². The average molecular weight is 384 g/mol. The number of piperidine rings is 1. The Morgan fingerprint density at radius 3 is 2.68 bits per heavy atom. The normalized spacial score (nSPS) is 22.8. The third-order valence-corrected chi connectivity index (χ3v) is 5.77. The number of carbonyl (C=O) groups is 1. The van der Waals surface area contributed by atoms with Crippen LogP contribution in [0.5, 0.6) is 5.75 Å². The summed E-state index contributed by atoms with van der Waals surface area (Å²) in [4.78, 5) is 18.9. The summed E-state index contributed by atoms with van der Waals surface area (Å²) in [6.45, 7) is 5.35. The predicted molar refractivity (Wildman–Crippen MR) is 106 cm³/mol. The first-order valence-corrected chi connectivity index (χ1v) is 9.54. The number of carboxylic acid groups (broad SMARTS) is 1. The van der Waals surface area contributed by atoms with E-state index in [0.29, 0.717) is 25.9 Å². The summed E-state index contributed by atoms with van der Waals surface area (Å²) in [6, 6.07) is 9.51. The van der Waals surface area contributed by atoms with Gasteiger partial charge >= 0.3 is 5.97 Å². The zero-order valence-electron chi connectivity index (χ0n) is 16.7. The number of hydrogen-bond acceptors (Lipinski definition) is 5. The fraction of sp³-hybridized carbons (Fsp3) is 0.455. The molecule has 1 aliphatic rings. The zero-order chi connectivity index (χ0) is 20.3. The molecule has 1 saturated heterocycles. The van der Waals surface area contributed by atoms with Gasteiger partial charge in [0.15, 0.2) is 0 Å². The Bertz CT molecular complexity index is 840. The van der Waals surface area contributed by atoms with Crippen LogP contribution in [0.15, 0.2) is 36.5 Å². The van der Waals surface area contributed by atoms with Crippen molar-refractivity contribution >= 4 is 5.97 Å². The first kappa shape index (κ1) is 20.3. The summed E-state index contributed by atoms with van der Waals surface area (Å²) >= 11 is 0. The number of benzene rings is 1. The molecule has 6 heteroatoms. The fourth-order valence-corrected chi connectivity index (χ4v) is 4.16. The number of aliphatic hydroxyl groups is 1. The monoisotopic (exact) mass is 384 g/mol. The lowest BCUT2D eigenvalue weighted by Crippen LogP contribution is -2.56. The minimum absolute atomic E-state index is 0.274. The second-order valence-electron chi connectivity index (χ2n) is 7.68. The molecular weight excluding hydrogens is 356 g/mol. The second-order valence-corrected chi connectivity index (χ2v) is 7.68. The van der Waals surface area contributed by atoms with Gasteiger partial charge in [0.1, 0.15) is 11.2 Å².